The summed E-state index contributed by atoms with van der Waals surface area (Å²) in [5.41, 5.74) is 0.440. The fourth-order valence-electron chi connectivity index (χ4n) is 2.38. The van der Waals surface area contributed by atoms with E-state index in [1.54, 1.807) is 18.3 Å². The van der Waals surface area contributed by atoms with Crippen molar-refractivity contribution in [2.45, 2.75) is 26.0 Å². The number of carbonyl (C=O) groups excluding carboxylic acids is 2. The van der Waals surface area contributed by atoms with Crippen molar-refractivity contribution in [2.24, 2.45) is 0 Å². The number of nitrogens with zero attached hydrogens (tertiary/aromatic N) is 1. The maximum absolute atomic E-state index is 12.5. The van der Waals surface area contributed by atoms with Crippen molar-refractivity contribution < 1.29 is 14.3 Å². The number of benzene rings is 1. The molecule has 118 valence electrons. The van der Waals surface area contributed by atoms with Crippen LogP contribution in [0.3, 0.4) is 0 Å². The Morgan fingerprint density at radius 1 is 1.35 bits per heavy atom. The molecule has 3 rings (SSSR count). The van der Waals surface area contributed by atoms with Crippen LogP contribution in [-0.2, 0) is 16.1 Å². The molecule has 2 aromatic rings. The molecule has 1 aromatic carbocycles. The first-order valence-corrected chi connectivity index (χ1v) is 7.28. The summed E-state index contributed by atoms with van der Waals surface area (Å²) >= 11 is 0. The topological polar surface area (TPSA) is 80.3 Å². The lowest BCUT2D eigenvalue weighted by Gasteiger charge is -2.32. The average Bonchev–Trinajstić information content (AvgIpc) is 2.53. The van der Waals surface area contributed by atoms with Gasteiger partial charge in [-0.2, -0.15) is 0 Å². The van der Waals surface area contributed by atoms with Gasteiger partial charge in [0, 0.05) is 12.7 Å². The first-order chi connectivity index (χ1) is 11.0. The van der Waals surface area contributed by atoms with Crippen molar-refractivity contribution in [1.82, 2.24) is 10.3 Å². The Balaban J connectivity index is 1.75. The Bertz CT molecular complexity index is 775. The third kappa shape index (κ3) is 2.88. The summed E-state index contributed by atoms with van der Waals surface area (Å²) in [4.78, 5) is 28.7. The molecule has 0 aliphatic carbocycles. The van der Waals surface area contributed by atoms with Gasteiger partial charge in [-0.15, -0.1) is 0 Å². The summed E-state index contributed by atoms with van der Waals surface area (Å²) in [6.07, 6.45) is 1.54. The fourth-order valence-corrected chi connectivity index (χ4v) is 2.38. The van der Waals surface area contributed by atoms with Crippen LogP contribution in [0.1, 0.15) is 18.1 Å². The number of pyridine rings is 1. The molecule has 6 heteroatoms. The molecule has 1 aliphatic rings. The Labute approximate surface area is 133 Å². The summed E-state index contributed by atoms with van der Waals surface area (Å²) in [6.45, 7) is 3.75. The number of nitrogens with one attached hydrogen (secondary N) is 2. The standard InChI is InChI=1S/C17H17N3O3/c1-11-5-3-6-12(9-11)10-19-15(21)17(2)16(22)20-14-13(23-17)7-4-8-18-14/h3-9H,10H2,1-2H3,(H,19,21)(H,18,20,22)/t17-/m0/s1. The number of aryl methyl sites for hydroxylation is 1. The summed E-state index contributed by atoms with van der Waals surface area (Å²) < 4.78 is 5.62. The number of ether oxygens (including phenoxy) is 1. The molecule has 0 radical (unpaired) electrons. The minimum Gasteiger partial charge on any atom is -0.464 e. The van der Waals surface area contributed by atoms with Crippen LogP contribution in [0.5, 0.6) is 5.75 Å². The Morgan fingerprint density at radius 2 is 2.17 bits per heavy atom. The van der Waals surface area contributed by atoms with E-state index in [0.29, 0.717) is 18.1 Å². The van der Waals surface area contributed by atoms with E-state index >= 15 is 0 Å². The van der Waals surface area contributed by atoms with Gasteiger partial charge in [-0.3, -0.25) is 9.59 Å². The van der Waals surface area contributed by atoms with E-state index in [4.69, 9.17) is 4.74 Å². The molecular formula is C17H17N3O3. The van der Waals surface area contributed by atoms with Gasteiger partial charge in [0.1, 0.15) is 0 Å². The molecule has 0 fully saturated rings. The molecule has 0 spiro atoms. The van der Waals surface area contributed by atoms with E-state index in [-0.39, 0.29) is 0 Å². The van der Waals surface area contributed by atoms with E-state index < -0.39 is 17.4 Å². The van der Waals surface area contributed by atoms with E-state index in [1.165, 1.54) is 6.92 Å². The van der Waals surface area contributed by atoms with Crippen LogP contribution in [0.15, 0.2) is 42.6 Å². The quantitative estimate of drug-likeness (QED) is 0.847. The summed E-state index contributed by atoms with van der Waals surface area (Å²) in [6, 6.07) is 11.1. The third-order valence-electron chi connectivity index (χ3n) is 3.72. The first kappa shape index (κ1) is 15.0. The number of rotatable bonds is 3. The highest BCUT2D eigenvalue weighted by Gasteiger charge is 2.47. The minimum atomic E-state index is -1.63. The number of amides is 2. The van der Waals surface area contributed by atoms with Crippen molar-refractivity contribution >= 4 is 17.6 Å². The van der Waals surface area contributed by atoms with Gasteiger partial charge < -0.3 is 15.4 Å². The lowest BCUT2D eigenvalue weighted by atomic mass is 10.0. The lowest BCUT2D eigenvalue weighted by Crippen LogP contribution is -2.58. The number of fused-ring (bicyclic) bond motifs is 1. The molecule has 1 aromatic heterocycles. The fraction of sp³-hybridized carbons (Fsp3) is 0.235. The van der Waals surface area contributed by atoms with Gasteiger partial charge in [-0.25, -0.2) is 4.98 Å². The molecule has 2 amide bonds. The molecule has 2 heterocycles. The smallest absolute Gasteiger partial charge is 0.279 e. The van der Waals surface area contributed by atoms with Crippen LogP contribution in [0.25, 0.3) is 0 Å². The molecule has 0 saturated carbocycles. The van der Waals surface area contributed by atoms with E-state index in [1.807, 2.05) is 31.2 Å². The second-order valence-corrected chi connectivity index (χ2v) is 5.61. The predicted octanol–water partition coefficient (Wildman–Crippen LogP) is 1.80. The van der Waals surface area contributed by atoms with Gasteiger partial charge in [0.2, 0.25) is 0 Å². The van der Waals surface area contributed by atoms with Crippen molar-refractivity contribution in [2.75, 3.05) is 5.32 Å². The van der Waals surface area contributed by atoms with Gasteiger partial charge in [-0.1, -0.05) is 29.8 Å². The Kier molecular flexibility index (Phi) is 3.73. The normalized spacial score (nSPS) is 19.3. The molecule has 0 saturated heterocycles. The Hall–Kier alpha value is -2.89. The molecule has 2 N–H and O–H groups in total. The van der Waals surface area contributed by atoms with E-state index in [9.17, 15) is 9.59 Å². The van der Waals surface area contributed by atoms with Crippen molar-refractivity contribution in [3.8, 4) is 5.75 Å². The largest absolute Gasteiger partial charge is 0.464 e. The molecule has 1 aliphatic heterocycles. The van der Waals surface area contributed by atoms with E-state index in [2.05, 4.69) is 15.6 Å². The summed E-state index contributed by atoms with van der Waals surface area (Å²) in [7, 11) is 0. The van der Waals surface area contributed by atoms with Crippen LogP contribution in [-0.4, -0.2) is 22.4 Å². The van der Waals surface area contributed by atoms with Crippen LogP contribution in [0.4, 0.5) is 5.82 Å². The first-order valence-electron chi connectivity index (χ1n) is 7.28. The molecule has 23 heavy (non-hydrogen) atoms. The summed E-state index contributed by atoms with van der Waals surface area (Å²) in [5.74, 6) is -0.335. The maximum Gasteiger partial charge on any atom is 0.279 e. The number of hydrogen-bond acceptors (Lipinski definition) is 4. The lowest BCUT2D eigenvalue weighted by molar-refractivity contribution is -0.146. The highest BCUT2D eigenvalue weighted by Crippen LogP contribution is 2.31. The number of carbonyl (C=O) groups is 2. The number of anilines is 1. The van der Waals surface area contributed by atoms with Gasteiger partial charge in [0.15, 0.2) is 11.6 Å². The van der Waals surface area contributed by atoms with Crippen LogP contribution in [0.2, 0.25) is 0 Å². The minimum absolute atomic E-state index is 0.321. The molecule has 1 atom stereocenters. The zero-order valence-electron chi connectivity index (χ0n) is 12.9. The second-order valence-electron chi connectivity index (χ2n) is 5.61. The highest BCUT2D eigenvalue weighted by molar-refractivity contribution is 6.15. The van der Waals surface area contributed by atoms with Crippen LogP contribution < -0.4 is 15.4 Å². The van der Waals surface area contributed by atoms with Crippen molar-refractivity contribution in [3.05, 3.63) is 53.7 Å². The average molecular weight is 311 g/mol. The van der Waals surface area contributed by atoms with E-state index in [0.717, 1.165) is 11.1 Å². The monoisotopic (exact) mass is 311 g/mol. The predicted molar refractivity (Wildman–Crippen MR) is 84.9 cm³/mol. The SMILES string of the molecule is Cc1cccc(CNC(=O)[C@]2(C)Oc3cccnc3NC2=O)c1. The third-order valence-corrected chi connectivity index (χ3v) is 3.72. The number of hydrogen-bond donors (Lipinski definition) is 2. The van der Waals surface area contributed by atoms with Crippen molar-refractivity contribution in [1.29, 1.82) is 0 Å². The second kappa shape index (κ2) is 5.72. The zero-order chi connectivity index (χ0) is 16.4. The van der Waals surface area contributed by atoms with Gasteiger partial charge in [-0.05, 0) is 31.5 Å². The van der Waals surface area contributed by atoms with Gasteiger partial charge >= 0.3 is 0 Å². The van der Waals surface area contributed by atoms with Crippen LogP contribution >= 0.6 is 0 Å². The zero-order valence-corrected chi connectivity index (χ0v) is 12.9. The Morgan fingerprint density at radius 3 is 2.96 bits per heavy atom. The summed E-state index contributed by atoms with van der Waals surface area (Å²) in [5, 5.41) is 5.36. The van der Waals surface area contributed by atoms with Crippen LogP contribution in [0, 0.1) is 6.92 Å². The van der Waals surface area contributed by atoms with Gasteiger partial charge in [0.25, 0.3) is 17.4 Å². The molecule has 6 nitrogen and oxygen atoms in total. The maximum atomic E-state index is 12.5. The molecule has 0 bridgehead atoms. The van der Waals surface area contributed by atoms with Crippen molar-refractivity contribution in [3.63, 3.8) is 0 Å². The highest BCUT2D eigenvalue weighted by atomic mass is 16.5. The van der Waals surface area contributed by atoms with Gasteiger partial charge in [0.05, 0.1) is 0 Å². The number of aromatic nitrogens is 1. The molecule has 0 unspecified atom stereocenters. The molecular weight excluding hydrogens is 294 g/mol.